The van der Waals surface area contributed by atoms with Gasteiger partial charge in [-0.3, -0.25) is 0 Å². The summed E-state index contributed by atoms with van der Waals surface area (Å²) in [5.41, 5.74) is 2.72. The van der Waals surface area contributed by atoms with Crippen molar-refractivity contribution < 1.29 is 13.2 Å². The van der Waals surface area contributed by atoms with Crippen LogP contribution in [0.4, 0.5) is 13.2 Å². The van der Waals surface area contributed by atoms with Crippen molar-refractivity contribution in [2.45, 2.75) is 30.2 Å². The lowest BCUT2D eigenvalue weighted by molar-refractivity contribution is -0.0328. The Morgan fingerprint density at radius 3 is 2.17 bits per heavy atom. The first-order chi connectivity index (χ1) is 8.25. The molecule has 2 unspecified atom stereocenters. The van der Waals surface area contributed by atoms with Crippen molar-refractivity contribution in [1.82, 2.24) is 0 Å². The van der Waals surface area contributed by atoms with Crippen LogP contribution >= 0.6 is 11.8 Å². The van der Waals surface area contributed by atoms with Crippen LogP contribution in [0.1, 0.15) is 25.3 Å². The minimum Gasteiger partial charge on any atom is -0.330 e. The minimum atomic E-state index is -4.22. The number of hydrogen-bond donors (Lipinski definition) is 1. The molecule has 2 rings (SSSR count). The summed E-state index contributed by atoms with van der Waals surface area (Å²) in [4.78, 5) is 0.231. The lowest BCUT2D eigenvalue weighted by atomic mass is 10.0. The maximum absolute atomic E-state index is 12.2. The van der Waals surface area contributed by atoms with Gasteiger partial charge in [0.1, 0.15) is 0 Å². The normalized spacial score (nSPS) is 26.1. The van der Waals surface area contributed by atoms with Gasteiger partial charge in [-0.25, -0.2) is 0 Å². The topological polar surface area (TPSA) is 26.0 Å². The second-order valence-corrected chi connectivity index (χ2v) is 6.40. The van der Waals surface area contributed by atoms with E-state index in [9.17, 15) is 13.2 Å². The quantitative estimate of drug-likeness (QED) is 0.844. The van der Waals surface area contributed by atoms with Crippen LogP contribution in [0.15, 0.2) is 29.2 Å². The van der Waals surface area contributed by atoms with Crippen molar-refractivity contribution in [1.29, 1.82) is 0 Å². The largest absolute Gasteiger partial charge is 0.446 e. The van der Waals surface area contributed by atoms with Gasteiger partial charge >= 0.3 is 5.51 Å². The molecule has 0 heterocycles. The van der Waals surface area contributed by atoms with Gasteiger partial charge in [-0.15, -0.1) is 0 Å². The standard InChI is InChI=1S/C13H16F3NS/c1-12(2)10(7-17)11(12)8-3-5-9(6-4-8)18-13(14,15)16/h3-6,10-11H,7,17H2,1-2H3. The Morgan fingerprint density at radius 1 is 1.22 bits per heavy atom. The first-order valence-corrected chi connectivity index (χ1v) is 6.63. The van der Waals surface area contributed by atoms with E-state index in [2.05, 4.69) is 13.8 Å². The van der Waals surface area contributed by atoms with E-state index in [-0.39, 0.29) is 22.1 Å². The molecule has 1 nitrogen and oxygen atoms in total. The van der Waals surface area contributed by atoms with Crippen LogP contribution in [0.3, 0.4) is 0 Å². The molecule has 1 aromatic rings. The molecule has 18 heavy (non-hydrogen) atoms. The van der Waals surface area contributed by atoms with Crippen LogP contribution in [-0.4, -0.2) is 12.1 Å². The maximum atomic E-state index is 12.2. The van der Waals surface area contributed by atoms with Gasteiger partial charge in [-0.2, -0.15) is 13.2 Å². The van der Waals surface area contributed by atoms with Crippen molar-refractivity contribution in [3.8, 4) is 0 Å². The molecule has 100 valence electrons. The highest BCUT2D eigenvalue weighted by Crippen LogP contribution is 2.63. The van der Waals surface area contributed by atoms with E-state index < -0.39 is 5.51 Å². The van der Waals surface area contributed by atoms with E-state index in [0.717, 1.165) is 5.56 Å². The van der Waals surface area contributed by atoms with Crippen molar-refractivity contribution >= 4 is 11.8 Å². The molecule has 2 atom stereocenters. The summed E-state index contributed by atoms with van der Waals surface area (Å²) in [6, 6.07) is 6.65. The fraction of sp³-hybridized carbons (Fsp3) is 0.538. The van der Waals surface area contributed by atoms with Gasteiger partial charge in [-0.05, 0) is 53.3 Å². The highest BCUT2D eigenvalue weighted by atomic mass is 32.2. The van der Waals surface area contributed by atoms with E-state index in [1.807, 2.05) is 0 Å². The molecular weight excluding hydrogens is 259 g/mol. The number of hydrogen-bond acceptors (Lipinski definition) is 2. The molecule has 0 spiro atoms. The van der Waals surface area contributed by atoms with E-state index >= 15 is 0 Å². The van der Waals surface area contributed by atoms with E-state index in [4.69, 9.17) is 5.73 Å². The number of rotatable bonds is 3. The van der Waals surface area contributed by atoms with Gasteiger partial charge < -0.3 is 5.73 Å². The Bertz CT molecular complexity index is 425. The predicted molar refractivity (Wildman–Crippen MR) is 67.4 cm³/mol. The highest BCUT2D eigenvalue weighted by Gasteiger charge is 2.57. The predicted octanol–water partition coefficient (Wildman–Crippen LogP) is 4.00. The Balaban J connectivity index is 2.10. The van der Waals surface area contributed by atoms with Crippen molar-refractivity contribution in [3.63, 3.8) is 0 Å². The van der Waals surface area contributed by atoms with Crippen LogP contribution in [0.25, 0.3) is 0 Å². The molecule has 1 aromatic carbocycles. The SMILES string of the molecule is CC1(C)C(CN)C1c1ccc(SC(F)(F)F)cc1. The molecule has 0 bridgehead atoms. The molecule has 1 aliphatic carbocycles. The van der Waals surface area contributed by atoms with E-state index in [0.29, 0.717) is 18.4 Å². The summed E-state index contributed by atoms with van der Waals surface area (Å²) in [5, 5.41) is 0. The second-order valence-electron chi connectivity index (χ2n) is 5.26. The molecule has 0 aromatic heterocycles. The molecule has 5 heteroatoms. The van der Waals surface area contributed by atoms with Gasteiger partial charge in [0.15, 0.2) is 0 Å². The minimum absolute atomic E-state index is 0.0767. The third-order valence-corrected chi connectivity index (χ3v) is 4.52. The molecule has 1 saturated carbocycles. The van der Waals surface area contributed by atoms with E-state index in [1.165, 1.54) is 12.1 Å². The zero-order valence-corrected chi connectivity index (χ0v) is 11.1. The van der Waals surface area contributed by atoms with Gasteiger partial charge in [0.2, 0.25) is 0 Å². The molecule has 1 aliphatic rings. The Hall–Kier alpha value is -0.680. The first kappa shape index (κ1) is 13.7. The van der Waals surface area contributed by atoms with Gasteiger partial charge in [-0.1, -0.05) is 26.0 Å². The van der Waals surface area contributed by atoms with Crippen molar-refractivity contribution in [3.05, 3.63) is 29.8 Å². The van der Waals surface area contributed by atoms with Crippen molar-refractivity contribution in [2.75, 3.05) is 6.54 Å². The van der Waals surface area contributed by atoms with Gasteiger partial charge in [0.25, 0.3) is 0 Å². The molecule has 2 N–H and O–H groups in total. The summed E-state index contributed by atoms with van der Waals surface area (Å²) in [7, 11) is 0. The van der Waals surface area contributed by atoms with Crippen LogP contribution in [-0.2, 0) is 0 Å². The van der Waals surface area contributed by atoms with E-state index in [1.54, 1.807) is 12.1 Å². The lowest BCUT2D eigenvalue weighted by Gasteiger charge is -2.07. The molecule has 0 saturated heterocycles. The first-order valence-electron chi connectivity index (χ1n) is 5.81. The van der Waals surface area contributed by atoms with Crippen LogP contribution < -0.4 is 5.73 Å². The van der Waals surface area contributed by atoms with Gasteiger partial charge in [0, 0.05) is 4.90 Å². The second kappa shape index (κ2) is 4.46. The molecule has 0 amide bonds. The third-order valence-electron chi connectivity index (χ3n) is 3.78. The summed E-state index contributed by atoms with van der Waals surface area (Å²) < 4.78 is 36.6. The number of benzene rings is 1. The van der Waals surface area contributed by atoms with Crippen LogP contribution in [0.2, 0.25) is 0 Å². The lowest BCUT2D eigenvalue weighted by Crippen LogP contribution is -2.05. The summed E-state index contributed by atoms with van der Waals surface area (Å²) in [6.45, 7) is 4.91. The third kappa shape index (κ3) is 2.67. The number of thioether (sulfide) groups is 1. The Kier molecular flexibility index (Phi) is 3.40. The highest BCUT2D eigenvalue weighted by molar-refractivity contribution is 8.00. The average Bonchev–Trinajstić information content (AvgIpc) is 2.79. The van der Waals surface area contributed by atoms with Crippen molar-refractivity contribution in [2.24, 2.45) is 17.1 Å². The zero-order chi connectivity index (χ0) is 13.6. The fourth-order valence-corrected chi connectivity index (χ4v) is 3.26. The summed E-state index contributed by atoms with van der Waals surface area (Å²) >= 11 is -0.0767. The van der Waals surface area contributed by atoms with Crippen LogP contribution in [0.5, 0.6) is 0 Å². The molecule has 0 aliphatic heterocycles. The molecule has 1 fully saturated rings. The summed E-state index contributed by atoms with van der Waals surface area (Å²) in [5.74, 6) is 0.797. The number of nitrogens with two attached hydrogens (primary N) is 1. The Morgan fingerprint density at radius 2 is 1.78 bits per heavy atom. The Labute approximate surface area is 109 Å². The van der Waals surface area contributed by atoms with Crippen LogP contribution in [0, 0.1) is 11.3 Å². The zero-order valence-electron chi connectivity index (χ0n) is 10.3. The fourth-order valence-electron chi connectivity index (χ4n) is 2.72. The monoisotopic (exact) mass is 275 g/mol. The molecular formula is C13H16F3NS. The average molecular weight is 275 g/mol. The smallest absolute Gasteiger partial charge is 0.330 e. The number of alkyl halides is 3. The molecule has 0 radical (unpaired) electrons. The summed E-state index contributed by atoms with van der Waals surface area (Å²) in [6.07, 6.45) is 0. The number of halogens is 3. The maximum Gasteiger partial charge on any atom is 0.446 e. The van der Waals surface area contributed by atoms with Gasteiger partial charge in [0.05, 0.1) is 0 Å².